The molecule has 0 saturated carbocycles. The average Bonchev–Trinajstić information content (AvgIpc) is 2.39. The molecule has 4 nitrogen and oxygen atoms in total. The maximum atomic E-state index is 5.90. The Bertz CT molecular complexity index is 409. The summed E-state index contributed by atoms with van der Waals surface area (Å²) in [7, 11) is 0. The van der Waals surface area contributed by atoms with E-state index in [1.807, 2.05) is 6.07 Å². The van der Waals surface area contributed by atoms with Gasteiger partial charge in [0.1, 0.15) is 17.5 Å². The lowest BCUT2D eigenvalue weighted by Gasteiger charge is -2.33. The first-order valence-electron chi connectivity index (χ1n) is 7.49. The monoisotopic (exact) mass is 262 g/mol. The van der Waals surface area contributed by atoms with Crippen molar-refractivity contribution < 1.29 is 0 Å². The van der Waals surface area contributed by atoms with E-state index in [-0.39, 0.29) is 0 Å². The Hall–Kier alpha value is -1.32. The van der Waals surface area contributed by atoms with E-state index in [0.29, 0.717) is 11.7 Å². The standard InChI is InChI=1S/C15H26N4/c1-4-5-12-6-8-19(9-7-12)14-10-13(16)17-15(18-14)11(2)3/h10-12H,4-9H2,1-3H3,(H2,16,17,18). The van der Waals surface area contributed by atoms with Gasteiger partial charge in [-0.25, -0.2) is 9.97 Å². The fourth-order valence-corrected chi connectivity index (χ4v) is 2.75. The third-order valence-electron chi connectivity index (χ3n) is 3.90. The van der Waals surface area contributed by atoms with Gasteiger partial charge in [0.15, 0.2) is 0 Å². The first-order valence-corrected chi connectivity index (χ1v) is 7.49. The van der Waals surface area contributed by atoms with Crippen LogP contribution in [0.5, 0.6) is 0 Å². The summed E-state index contributed by atoms with van der Waals surface area (Å²) >= 11 is 0. The summed E-state index contributed by atoms with van der Waals surface area (Å²) < 4.78 is 0. The number of piperidine rings is 1. The van der Waals surface area contributed by atoms with Crippen LogP contribution in [0.1, 0.15) is 58.2 Å². The van der Waals surface area contributed by atoms with Crippen LogP contribution in [-0.2, 0) is 0 Å². The predicted molar refractivity (Wildman–Crippen MR) is 80.4 cm³/mol. The zero-order valence-electron chi connectivity index (χ0n) is 12.4. The molecular formula is C15H26N4. The van der Waals surface area contributed by atoms with Gasteiger partial charge in [0, 0.05) is 25.1 Å². The summed E-state index contributed by atoms with van der Waals surface area (Å²) in [6.07, 6.45) is 5.20. The van der Waals surface area contributed by atoms with Crippen molar-refractivity contribution in [2.24, 2.45) is 5.92 Å². The summed E-state index contributed by atoms with van der Waals surface area (Å²) in [5.74, 6) is 3.66. The van der Waals surface area contributed by atoms with Crippen LogP contribution in [-0.4, -0.2) is 23.1 Å². The van der Waals surface area contributed by atoms with Crippen molar-refractivity contribution in [3.05, 3.63) is 11.9 Å². The minimum atomic E-state index is 0.319. The van der Waals surface area contributed by atoms with Crippen molar-refractivity contribution in [2.75, 3.05) is 23.7 Å². The van der Waals surface area contributed by atoms with Crippen LogP contribution < -0.4 is 10.6 Å². The highest BCUT2D eigenvalue weighted by Gasteiger charge is 2.20. The normalized spacial score (nSPS) is 17.2. The molecule has 4 heteroatoms. The van der Waals surface area contributed by atoms with Gasteiger partial charge in [0.25, 0.3) is 0 Å². The van der Waals surface area contributed by atoms with Gasteiger partial charge in [-0.15, -0.1) is 0 Å². The van der Waals surface area contributed by atoms with Crippen molar-refractivity contribution in [1.82, 2.24) is 9.97 Å². The fraction of sp³-hybridized carbons (Fsp3) is 0.733. The minimum Gasteiger partial charge on any atom is -0.384 e. The van der Waals surface area contributed by atoms with Crippen LogP contribution in [0.3, 0.4) is 0 Å². The van der Waals surface area contributed by atoms with E-state index in [4.69, 9.17) is 5.73 Å². The lowest BCUT2D eigenvalue weighted by Crippen LogP contribution is -2.34. The third kappa shape index (κ3) is 3.58. The second kappa shape index (κ2) is 6.22. The van der Waals surface area contributed by atoms with E-state index in [1.165, 1.54) is 25.7 Å². The third-order valence-corrected chi connectivity index (χ3v) is 3.90. The summed E-state index contributed by atoms with van der Waals surface area (Å²) in [4.78, 5) is 11.3. The summed E-state index contributed by atoms with van der Waals surface area (Å²) in [5.41, 5.74) is 5.90. The van der Waals surface area contributed by atoms with Gasteiger partial charge >= 0.3 is 0 Å². The van der Waals surface area contributed by atoms with Crippen LogP contribution >= 0.6 is 0 Å². The molecule has 0 radical (unpaired) electrons. The van der Waals surface area contributed by atoms with E-state index < -0.39 is 0 Å². The number of nitrogens with two attached hydrogens (primary N) is 1. The maximum absolute atomic E-state index is 5.90. The van der Waals surface area contributed by atoms with Gasteiger partial charge in [0.2, 0.25) is 0 Å². The van der Waals surface area contributed by atoms with E-state index in [2.05, 4.69) is 35.6 Å². The van der Waals surface area contributed by atoms with Crippen LogP contribution in [0, 0.1) is 5.92 Å². The van der Waals surface area contributed by atoms with E-state index in [9.17, 15) is 0 Å². The van der Waals surface area contributed by atoms with Gasteiger partial charge in [-0.3, -0.25) is 0 Å². The van der Waals surface area contributed by atoms with E-state index in [1.54, 1.807) is 0 Å². The molecule has 0 aliphatic carbocycles. The molecule has 1 aliphatic heterocycles. The molecule has 19 heavy (non-hydrogen) atoms. The van der Waals surface area contributed by atoms with Crippen LogP contribution in [0.2, 0.25) is 0 Å². The number of nitrogens with zero attached hydrogens (tertiary/aromatic N) is 3. The molecule has 0 amide bonds. The molecule has 1 aromatic rings. The number of rotatable bonds is 4. The van der Waals surface area contributed by atoms with Crippen LogP contribution in [0.15, 0.2) is 6.07 Å². The molecule has 0 unspecified atom stereocenters. The first kappa shape index (κ1) is 14.1. The highest BCUT2D eigenvalue weighted by molar-refractivity contribution is 5.47. The molecule has 1 saturated heterocycles. The quantitative estimate of drug-likeness (QED) is 0.905. The Morgan fingerprint density at radius 2 is 2.00 bits per heavy atom. The Balaban J connectivity index is 2.06. The second-order valence-electron chi connectivity index (χ2n) is 5.88. The Morgan fingerprint density at radius 3 is 2.58 bits per heavy atom. The van der Waals surface area contributed by atoms with Crippen molar-refractivity contribution >= 4 is 11.6 Å². The van der Waals surface area contributed by atoms with Crippen molar-refractivity contribution in [1.29, 1.82) is 0 Å². The summed E-state index contributed by atoms with van der Waals surface area (Å²) in [5, 5.41) is 0. The summed E-state index contributed by atoms with van der Waals surface area (Å²) in [6, 6.07) is 1.91. The van der Waals surface area contributed by atoms with Gasteiger partial charge in [-0.05, 0) is 18.8 Å². The van der Waals surface area contributed by atoms with Crippen molar-refractivity contribution in [3.63, 3.8) is 0 Å². The molecule has 2 rings (SSSR count). The molecule has 2 N–H and O–H groups in total. The molecular weight excluding hydrogens is 236 g/mol. The highest BCUT2D eigenvalue weighted by atomic mass is 15.2. The molecule has 0 spiro atoms. The minimum absolute atomic E-state index is 0.319. The topological polar surface area (TPSA) is 55.0 Å². The Kier molecular flexibility index (Phi) is 4.61. The number of anilines is 2. The van der Waals surface area contributed by atoms with Gasteiger partial charge < -0.3 is 10.6 Å². The van der Waals surface area contributed by atoms with Gasteiger partial charge in [0.05, 0.1) is 0 Å². The number of hydrogen-bond donors (Lipinski definition) is 1. The molecule has 1 fully saturated rings. The largest absolute Gasteiger partial charge is 0.384 e. The maximum Gasteiger partial charge on any atom is 0.135 e. The zero-order valence-corrected chi connectivity index (χ0v) is 12.4. The molecule has 106 valence electrons. The number of aromatic nitrogens is 2. The van der Waals surface area contributed by atoms with E-state index >= 15 is 0 Å². The second-order valence-corrected chi connectivity index (χ2v) is 5.88. The fourth-order valence-electron chi connectivity index (χ4n) is 2.75. The smallest absolute Gasteiger partial charge is 0.135 e. The number of hydrogen-bond acceptors (Lipinski definition) is 4. The lowest BCUT2D eigenvalue weighted by atomic mass is 9.92. The summed E-state index contributed by atoms with van der Waals surface area (Å²) in [6.45, 7) is 8.67. The van der Waals surface area contributed by atoms with Gasteiger partial charge in [-0.1, -0.05) is 33.6 Å². The molecule has 1 aromatic heterocycles. The molecule has 2 heterocycles. The van der Waals surface area contributed by atoms with Crippen LogP contribution in [0.25, 0.3) is 0 Å². The molecule has 0 aromatic carbocycles. The first-order chi connectivity index (χ1) is 9.10. The molecule has 0 bridgehead atoms. The van der Waals surface area contributed by atoms with Crippen LogP contribution in [0.4, 0.5) is 11.6 Å². The molecule has 0 atom stereocenters. The predicted octanol–water partition coefficient (Wildman–Crippen LogP) is 3.20. The average molecular weight is 262 g/mol. The SMILES string of the molecule is CCCC1CCN(c2cc(N)nc(C(C)C)n2)CC1. The lowest BCUT2D eigenvalue weighted by molar-refractivity contribution is 0.377. The van der Waals surface area contributed by atoms with Gasteiger partial charge in [-0.2, -0.15) is 0 Å². The molecule has 1 aliphatic rings. The Labute approximate surface area is 116 Å². The van der Waals surface area contributed by atoms with Crippen molar-refractivity contribution in [3.8, 4) is 0 Å². The number of nitrogen functional groups attached to an aromatic ring is 1. The Morgan fingerprint density at radius 1 is 1.32 bits per heavy atom. The zero-order chi connectivity index (χ0) is 13.8. The van der Waals surface area contributed by atoms with Crippen molar-refractivity contribution in [2.45, 2.75) is 52.4 Å². The highest BCUT2D eigenvalue weighted by Crippen LogP contribution is 2.26. The van der Waals surface area contributed by atoms with E-state index in [0.717, 1.165) is 30.6 Å².